The van der Waals surface area contributed by atoms with Crippen LogP contribution in [0.25, 0.3) is 0 Å². The fourth-order valence-electron chi connectivity index (χ4n) is 1.75. The van der Waals surface area contributed by atoms with Crippen LogP contribution in [-0.4, -0.2) is 31.5 Å². The first kappa shape index (κ1) is 15.5. The summed E-state index contributed by atoms with van der Waals surface area (Å²) in [6, 6.07) is 14.6. The van der Waals surface area contributed by atoms with Gasteiger partial charge in [-0.1, -0.05) is 17.7 Å². The number of ether oxygens (including phenoxy) is 2. The van der Waals surface area contributed by atoms with E-state index in [9.17, 15) is 5.11 Å². The maximum Gasteiger partial charge on any atom is 0.120 e. The number of aliphatic hydroxyl groups excluding tert-OH is 1. The molecule has 1 atom stereocenters. The molecule has 112 valence electrons. The summed E-state index contributed by atoms with van der Waals surface area (Å²) >= 11 is 5.79. The van der Waals surface area contributed by atoms with Gasteiger partial charge in [-0.15, -0.1) is 0 Å². The van der Waals surface area contributed by atoms with E-state index in [1.54, 1.807) is 31.4 Å². The highest BCUT2D eigenvalue weighted by Crippen LogP contribution is 2.17. The molecular formula is C16H18ClNO3. The van der Waals surface area contributed by atoms with E-state index in [0.29, 0.717) is 17.3 Å². The Morgan fingerprint density at radius 3 is 2.62 bits per heavy atom. The monoisotopic (exact) mass is 307 g/mol. The molecule has 0 radical (unpaired) electrons. The van der Waals surface area contributed by atoms with Gasteiger partial charge in [-0.05, 0) is 36.4 Å². The number of hydrogen-bond donors (Lipinski definition) is 2. The van der Waals surface area contributed by atoms with Crippen molar-refractivity contribution in [2.45, 2.75) is 6.10 Å². The van der Waals surface area contributed by atoms with Crippen LogP contribution in [0.5, 0.6) is 11.5 Å². The van der Waals surface area contributed by atoms with Crippen molar-refractivity contribution in [2.75, 3.05) is 25.6 Å². The lowest BCUT2D eigenvalue weighted by Crippen LogP contribution is -2.26. The van der Waals surface area contributed by atoms with Gasteiger partial charge in [-0.2, -0.15) is 0 Å². The number of halogens is 1. The SMILES string of the molecule is COc1cccc(NCC(O)COc2ccc(Cl)cc2)c1. The molecule has 21 heavy (non-hydrogen) atoms. The van der Waals surface area contributed by atoms with E-state index in [2.05, 4.69) is 5.32 Å². The summed E-state index contributed by atoms with van der Waals surface area (Å²) in [4.78, 5) is 0. The quantitative estimate of drug-likeness (QED) is 0.825. The molecule has 1 unspecified atom stereocenters. The highest BCUT2D eigenvalue weighted by atomic mass is 35.5. The highest BCUT2D eigenvalue weighted by molar-refractivity contribution is 6.30. The van der Waals surface area contributed by atoms with Crippen LogP contribution in [0.2, 0.25) is 5.02 Å². The van der Waals surface area contributed by atoms with Crippen molar-refractivity contribution < 1.29 is 14.6 Å². The zero-order chi connectivity index (χ0) is 15.1. The molecule has 0 spiro atoms. The topological polar surface area (TPSA) is 50.7 Å². The molecule has 0 aliphatic rings. The van der Waals surface area contributed by atoms with E-state index in [0.717, 1.165) is 11.4 Å². The highest BCUT2D eigenvalue weighted by Gasteiger charge is 2.05. The first-order valence-electron chi connectivity index (χ1n) is 6.62. The molecule has 2 aromatic rings. The van der Waals surface area contributed by atoms with Gasteiger partial charge in [0.15, 0.2) is 0 Å². The van der Waals surface area contributed by atoms with E-state index >= 15 is 0 Å². The molecule has 2 N–H and O–H groups in total. The van der Waals surface area contributed by atoms with Gasteiger partial charge in [0.05, 0.1) is 7.11 Å². The van der Waals surface area contributed by atoms with Gasteiger partial charge in [0.2, 0.25) is 0 Å². The average molecular weight is 308 g/mol. The minimum atomic E-state index is -0.619. The molecule has 0 aliphatic carbocycles. The number of nitrogens with one attached hydrogen (secondary N) is 1. The van der Waals surface area contributed by atoms with Crippen LogP contribution in [0.15, 0.2) is 48.5 Å². The smallest absolute Gasteiger partial charge is 0.120 e. The Hall–Kier alpha value is -1.91. The van der Waals surface area contributed by atoms with E-state index in [1.165, 1.54) is 0 Å². The Labute approximate surface area is 129 Å². The van der Waals surface area contributed by atoms with Crippen LogP contribution in [0, 0.1) is 0 Å². The van der Waals surface area contributed by atoms with Gasteiger partial charge in [0.1, 0.15) is 24.2 Å². The zero-order valence-electron chi connectivity index (χ0n) is 11.8. The van der Waals surface area contributed by atoms with E-state index < -0.39 is 6.10 Å². The number of anilines is 1. The summed E-state index contributed by atoms with van der Waals surface area (Å²) in [6.45, 7) is 0.597. The predicted molar refractivity (Wildman–Crippen MR) is 84.4 cm³/mol. The van der Waals surface area contributed by atoms with Crippen molar-refractivity contribution >= 4 is 17.3 Å². The van der Waals surface area contributed by atoms with Crippen LogP contribution < -0.4 is 14.8 Å². The normalized spacial score (nSPS) is 11.8. The lowest BCUT2D eigenvalue weighted by atomic mass is 10.3. The minimum Gasteiger partial charge on any atom is -0.497 e. The Bertz CT molecular complexity index is 560. The van der Waals surface area contributed by atoms with Gasteiger partial charge < -0.3 is 19.9 Å². The number of benzene rings is 2. The molecule has 0 aromatic heterocycles. The summed E-state index contributed by atoms with van der Waals surface area (Å²) in [5.74, 6) is 1.45. The largest absolute Gasteiger partial charge is 0.497 e. The Morgan fingerprint density at radius 2 is 1.90 bits per heavy atom. The van der Waals surface area contributed by atoms with Crippen LogP contribution in [0.1, 0.15) is 0 Å². The summed E-state index contributed by atoms with van der Waals surface area (Å²) in [5.41, 5.74) is 0.889. The molecule has 0 saturated carbocycles. The molecule has 0 bridgehead atoms. The van der Waals surface area contributed by atoms with Crippen molar-refractivity contribution in [3.8, 4) is 11.5 Å². The fourth-order valence-corrected chi connectivity index (χ4v) is 1.88. The molecular weight excluding hydrogens is 290 g/mol. The third-order valence-electron chi connectivity index (χ3n) is 2.87. The van der Waals surface area contributed by atoms with Crippen molar-refractivity contribution in [2.24, 2.45) is 0 Å². The fraction of sp³-hybridized carbons (Fsp3) is 0.250. The molecule has 0 aliphatic heterocycles. The summed E-state index contributed by atoms with van der Waals surface area (Å²) in [7, 11) is 1.62. The number of methoxy groups -OCH3 is 1. The number of rotatable bonds is 7. The van der Waals surface area contributed by atoms with Crippen LogP contribution in [0.3, 0.4) is 0 Å². The summed E-state index contributed by atoms with van der Waals surface area (Å²) in [5, 5.41) is 13.7. The Balaban J connectivity index is 1.76. The van der Waals surface area contributed by atoms with Gasteiger partial charge in [0, 0.05) is 23.3 Å². The van der Waals surface area contributed by atoms with Gasteiger partial charge in [-0.3, -0.25) is 0 Å². The van der Waals surface area contributed by atoms with Crippen molar-refractivity contribution in [3.63, 3.8) is 0 Å². The molecule has 0 heterocycles. The maximum absolute atomic E-state index is 9.91. The maximum atomic E-state index is 9.91. The van der Waals surface area contributed by atoms with E-state index in [1.807, 2.05) is 24.3 Å². The zero-order valence-corrected chi connectivity index (χ0v) is 12.5. The van der Waals surface area contributed by atoms with E-state index in [-0.39, 0.29) is 6.61 Å². The summed E-state index contributed by atoms with van der Waals surface area (Å²) in [6.07, 6.45) is -0.619. The lowest BCUT2D eigenvalue weighted by Gasteiger charge is -2.14. The minimum absolute atomic E-state index is 0.207. The van der Waals surface area contributed by atoms with Crippen LogP contribution in [0.4, 0.5) is 5.69 Å². The lowest BCUT2D eigenvalue weighted by molar-refractivity contribution is 0.117. The molecule has 2 aromatic carbocycles. The third-order valence-corrected chi connectivity index (χ3v) is 3.12. The van der Waals surface area contributed by atoms with Crippen LogP contribution >= 0.6 is 11.6 Å². The average Bonchev–Trinajstić information content (AvgIpc) is 2.52. The molecule has 0 fully saturated rings. The molecule has 5 heteroatoms. The first-order valence-corrected chi connectivity index (χ1v) is 6.99. The molecule has 2 rings (SSSR count). The molecule has 0 saturated heterocycles. The standard InChI is InChI=1S/C16H18ClNO3/c1-20-16-4-2-3-13(9-16)18-10-14(19)11-21-15-7-5-12(17)6-8-15/h2-9,14,18-19H,10-11H2,1H3. The van der Waals surface area contributed by atoms with Gasteiger partial charge >= 0.3 is 0 Å². The van der Waals surface area contributed by atoms with Crippen molar-refractivity contribution in [1.29, 1.82) is 0 Å². The first-order chi connectivity index (χ1) is 10.2. The van der Waals surface area contributed by atoms with Gasteiger partial charge in [0.25, 0.3) is 0 Å². The van der Waals surface area contributed by atoms with Crippen LogP contribution in [-0.2, 0) is 0 Å². The second-order valence-electron chi connectivity index (χ2n) is 4.53. The van der Waals surface area contributed by atoms with Crippen molar-refractivity contribution in [3.05, 3.63) is 53.6 Å². The molecule has 4 nitrogen and oxygen atoms in total. The van der Waals surface area contributed by atoms with Crippen molar-refractivity contribution in [1.82, 2.24) is 0 Å². The summed E-state index contributed by atoms with van der Waals surface area (Å²) < 4.78 is 10.6. The second kappa shape index (κ2) is 7.76. The Morgan fingerprint density at radius 1 is 1.14 bits per heavy atom. The van der Waals surface area contributed by atoms with E-state index in [4.69, 9.17) is 21.1 Å². The molecule has 0 amide bonds. The van der Waals surface area contributed by atoms with Gasteiger partial charge in [-0.25, -0.2) is 0 Å². The second-order valence-corrected chi connectivity index (χ2v) is 4.97. The Kier molecular flexibility index (Phi) is 5.72. The third kappa shape index (κ3) is 5.17. The number of hydrogen-bond acceptors (Lipinski definition) is 4. The predicted octanol–water partition coefficient (Wildman–Crippen LogP) is 3.20. The number of aliphatic hydroxyl groups is 1.